The van der Waals surface area contributed by atoms with Crippen molar-refractivity contribution in [2.75, 3.05) is 0 Å². The highest BCUT2D eigenvalue weighted by Crippen LogP contribution is 2.30. The average molecular weight is 286 g/mol. The standard InChI is InChI=1S/C17H31FO2/c1-5-7-8-9-10-12-15(18)17(3,4)16(20)13-14(19)11-6-2/h15H,5-13H2,1-4H3. The molecular formula is C17H31FO2. The van der Waals surface area contributed by atoms with E-state index < -0.39 is 11.6 Å². The first-order valence-corrected chi connectivity index (χ1v) is 8.05. The molecular weight excluding hydrogens is 255 g/mol. The summed E-state index contributed by atoms with van der Waals surface area (Å²) in [6.45, 7) is 7.31. The van der Waals surface area contributed by atoms with E-state index >= 15 is 0 Å². The van der Waals surface area contributed by atoms with Gasteiger partial charge in [0.2, 0.25) is 0 Å². The van der Waals surface area contributed by atoms with Crippen LogP contribution in [0.2, 0.25) is 0 Å². The summed E-state index contributed by atoms with van der Waals surface area (Å²) in [7, 11) is 0. The first kappa shape index (κ1) is 19.3. The van der Waals surface area contributed by atoms with E-state index in [1.807, 2.05) is 6.92 Å². The van der Waals surface area contributed by atoms with Gasteiger partial charge in [-0.3, -0.25) is 9.59 Å². The molecule has 0 aromatic rings. The zero-order chi connectivity index (χ0) is 15.6. The van der Waals surface area contributed by atoms with Crippen LogP contribution in [0.1, 0.15) is 85.5 Å². The Morgan fingerprint density at radius 3 is 2.15 bits per heavy atom. The third-order valence-corrected chi connectivity index (χ3v) is 3.95. The second-order valence-corrected chi connectivity index (χ2v) is 6.28. The zero-order valence-corrected chi connectivity index (χ0v) is 13.6. The van der Waals surface area contributed by atoms with Crippen molar-refractivity contribution in [2.24, 2.45) is 5.41 Å². The highest BCUT2D eigenvalue weighted by Gasteiger charge is 2.36. The van der Waals surface area contributed by atoms with Crippen molar-refractivity contribution in [1.29, 1.82) is 0 Å². The summed E-state index contributed by atoms with van der Waals surface area (Å²) in [6.07, 6.45) is 5.64. The molecule has 0 amide bonds. The first-order chi connectivity index (χ1) is 9.36. The third kappa shape index (κ3) is 7.16. The molecule has 0 aromatic heterocycles. The second-order valence-electron chi connectivity index (χ2n) is 6.28. The topological polar surface area (TPSA) is 34.1 Å². The molecule has 0 aliphatic carbocycles. The molecule has 0 radical (unpaired) electrons. The predicted molar refractivity (Wildman–Crippen MR) is 81.6 cm³/mol. The first-order valence-electron chi connectivity index (χ1n) is 8.05. The molecule has 0 N–H and O–H groups in total. The van der Waals surface area contributed by atoms with E-state index in [2.05, 4.69) is 6.92 Å². The van der Waals surface area contributed by atoms with Gasteiger partial charge in [-0.25, -0.2) is 4.39 Å². The van der Waals surface area contributed by atoms with Crippen molar-refractivity contribution in [2.45, 2.75) is 91.7 Å². The summed E-state index contributed by atoms with van der Waals surface area (Å²) in [5, 5.41) is 0. The number of hydrogen-bond acceptors (Lipinski definition) is 2. The molecule has 20 heavy (non-hydrogen) atoms. The lowest BCUT2D eigenvalue weighted by molar-refractivity contribution is -0.135. The Balaban J connectivity index is 4.17. The average Bonchev–Trinajstić information content (AvgIpc) is 2.38. The summed E-state index contributed by atoms with van der Waals surface area (Å²) in [4.78, 5) is 23.6. The van der Waals surface area contributed by atoms with Gasteiger partial charge in [0.05, 0.1) is 11.8 Å². The van der Waals surface area contributed by atoms with Crippen LogP contribution < -0.4 is 0 Å². The maximum absolute atomic E-state index is 14.2. The van der Waals surface area contributed by atoms with Crippen LogP contribution in [0.15, 0.2) is 0 Å². The monoisotopic (exact) mass is 286 g/mol. The fourth-order valence-electron chi connectivity index (χ4n) is 2.24. The van der Waals surface area contributed by atoms with E-state index in [0.29, 0.717) is 12.8 Å². The number of Topliss-reactive ketones (excluding diaryl/α,β-unsaturated/α-hetero) is 2. The van der Waals surface area contributed by atoms with Crippen molar-refractivity contribution in [3.8, 4) is 0 Å². The zero-order valence-electron chi connectivity index (χ0n) is 13.6. The lowest BCUT2D eigenvalue weighted by Gasteiger charge is -2.27. The maximum atomic E-state index is 14.2. The van der Waals surface area contributed by atoms with Crippen LogP contribution in [0.3, 0.4) is 0 Å². The van der Waals surface area contributed by atoms with Gasteiger partial charge in [-0.1, -0.05) is 59.8 Å². The summed E-state index contributed by atoms with van der Waals surface area (Å²) < 4.78 is 14.2. The van der Waals surface area contributed by atoms with Gasteiger partial charge in [0.1, 0.15) is 17.7 Å². The van der Waals surface area contributed by atoms with Crippen molar-refractivity contribution in [1.82, 2.24) is 0 Å². The minimum atomic E-state index is -1.15. The van der Waals surface area contributed by atoms with Gasteiger partial charge in [0, 0.05) is 6.42 Å². The molecule has 0 aliphatic heterocycles. The van der Waals surface area contributed by atoms with Gasteiger partial charge in [-0.05, 0) is 12.8 Å². The fourth-order valence-corrected chi connectivity index (χ4v) is 2.24. The Morgan fingerprint density at radius 1 is 1.00 bits per heavy atom. The number of alkyl halides is 1. The lowest BCUT2D eigenvalue weighted by atomic mass is 9.79. The third-order valence-electron chi connectivity index (χ3n) is 3.95. The number of unbranched alkanes of at least 4 members (excludes halogenated alkanes) is 4. The summed E-state index contributed by atoms with van der Waals surface area (Å²) in [6, 6.07) is 0. The minimum Gasteiger partial charge on any atom is -0.299 e. The molecule has 0 saturated carbocycles. The highest BCUT2D eigenvalue weighted by atomic mass is 19.1. The molecule has 0 aromatic carbocycles. The maximum Gasteiger partial charge on any atom is 0.148 e. The Labute approximate surface area is 123 Å². The Hall–Kier alpha value is -0.730. The van der Waals surface area contributed by atoms with Gasteiger partial charge in [-0.15, -0.1) is 0 Å². The molecule has 1 atom stereocenters. The largest absolute Gasteiger partial charge is 0.299 e. The Kier molecular flexibility index (Phi) is 9.70. The summed E-state index contributed by atoms with van der Waals surface area (Å²) >= 11 is 0. The van der Waals surface area contributed by atoms with E-state index in [9.17, 15) is 14.0 Å². The molecule has 0 rings (SSSR count). The smallest absolute Gasteiger partial charge is 0.148 e. The van der Waals surface area contributed by atoms with E-state index in [1.54, 1.807) is 13.8 Å². The van der Waals surface area contributed by atoms with Crippen LogP contribution in [-0.4, -0.2) is 17.7 Å². The second kappa shape index (κ2) is 10.1. The number of halogens is 1. The van der Waals surface area contributed by atoms with Crippen LogP contribution in [-0.2, 0) is 9.59 Å². The molecule has 0 fully saturated rings. The van der Waals surface area contributed by atoms with E-state index in [4.69, 9.17) is 0 Å². The number of rotatable bonds is 12. The number of carbonyl (C=O) groups is 2. The van der Waals surface area contributed by atoms with E-state index in [0.717, 1.165) is 25.7 Å². The van der Waals surface area contributed by atoms with Crippen molar-refractivity contribution >= 4 is 11.6 Å². The van der Waals surface area contributed by atoms with E-state index in [1.165, 1.54) is 12.8 Å². The van der Waals surface area contributed by atoms with E-state index in [-0.39, 0.29) is 18.0 Å². The minimum absolute atomic E-state index is 0.0688. The molecule has 0 heterocycles. The van der Waals surface area contributed by atoms with Crippen molar-refractivity contribution in [3.63, 3.8) is 0 Å². The van der Waals surface area contributed by atoms with Gasteiger partial charge in [0.25, 0.3) is 0 Å². The number of hydrogen-bond donors (Lipinski definition) is 0. The Bertz CT molecular complexity index is 297. The quantitative estimate of drug-likeness (QED) is 0.372. The van der Waals surface area contributed by atoms with Crippen LogP contribution in [0.5, 0.6) is 0 Å². The van der Waals surface area contributed by atoms with Crippen molar-refractivity contribution < 1.29 is 14.0 Å². The van der Waals surface area contributed by atoms with Crippen LogP contribution in [0.4, 0.5) is 4.39 Å². The lowest BCUT2D eigenvalue weighted by Crippen LogP contribution is -2.35. The Morgan fingerprint density at radius 2 is 1.60 bits per heavy atom. The van der Waals surface area contributed by atoms with Gasteiger partial charge >= 0.3 is 0 Å². The highest BCUT2D eigenvalue weighted by molar-refractivity contribution is 6.01. The molecule has 0 saturated heterocycles. The molecule has 0 bridgehead atoms. The number of ketones is 2. The SMILES string of the molecule is CCCCCCCC(F)C(C)(C)C(=O)CC(=O)CCC. The number of carbonyl (C=O) groups excluding carboxylic acids is 2. The molecule has 0 aliphatic rings. The molecule has 3 heteroatoms. The predicted octanol–water partition coefficient (Wildman–Crippen LogP) is 5.04. The molecule has 0 spiro atoms. The molecule has 2 nitrogen and oxygen atoms in total. The molecule has 1 unspecified atom stereocenters. The van der Waals surface area contributed by atoms with Crippen molar-refractivity contribution in [3.05, 3.63) is 0 Å². The summed E-state index contributed by atoms with van der Waals surface area (Å²) in [5.74, 6) is -0.322. The van der Waals surface area contributed by atoms with Gasteiger partial charge in [-0.2, -0.15) is 0 Å². The molecule has 118 valence electrons. The fraction of sp³-hybridized carbons (Fsp3) is 0.882. The van der Waals surface area contributed by atoms with Gasteiger partial charge in [0.15, 0.2) is 0 Å². The summed E-state index contributed by atoms with van der Waals surface area (Å²) in [5.41, 5.74) is -1.03. The van der Waals surface area contributed by atoms with Crippen LogP contribution in [0.25, 0.3) is 0 Å². The van der Waals surface area contributed by atoms with Crippen LogP contribution in [0, 0.1) is 5.41 Å². The normalized spacial score (nSPS) is 13.2. The van der Waals surface area contributed by atoms with Gasteiger partial charge < -0.3 is 0 Å². The van der Waals surface area contributed by atoms with Crippen LogP contribution >= 0.6 is 0 Å².